The topological polar surface area (TPSA) is 84.7 Å². The van der Waals surface area contributed by atoms with Crippen molar-refractivity contribution in [2.75, 3.05) is 19.7 Å². The van der Waals surface area contributed by atoms with E-state index in [2.05, 4.69) is 5.32 Å². The number of hydrogen-bond acceptors (Lipinski definition) is 5. The fraction of sp³-hybridized carbons (Fsp3) is 0.467. The highest BCUT2D eigenvalue weighted by Crippen LogP contribution is 2.14. The maximum atomic E-state index is 12.2. The summed E-state index contributed by atoms with van der Waals surface area (Å²) in [6, 6.07) is 5.41. The van der Waals surface area contributed by atoms with E-state index in [0.717, 1.165) is 19.4 Å². The van der Waals surface area contributed by atoms with E-state index in [-0.39, 0.29) is 17.7 Å². The van der Waals surface area contributed by atoms with Crippen molar-refractivity contribution in [3.05, 3.63) is 39.9 Å². The Hall–Kier alpha value is -2.06. The summed E-state index contributed by atoms with van der Waals surface area (Å²) < 4.78 is 5.58. The summed E-state index contributed by atoms with van der Waals surface area (Å²) in [6.45, 7) is 4.04. The molecule has 1 heterocycles. The van der Waals surface area contributed by atoms with Crippen molar-refractivity contribution in [3.63, 3.8) is 0 Å². The number of ether oxygens (including phenoxy) is 1. The lowest BCUT2D eigenvalue weighted by Crippen LogP contribution is -2.45. The molecule has 0 spiro atoms. The van der Waals surface area contributed by atoms with Crippen LogP contribution in [0.3, 0.4) is 0 Å². The maximum Gasteiger partial charge on any atom is 0.269 e. The summed E-state index contributed by atoms with van der Waals surface area (Å²) >= 11 is 5.28. The molecule has 1 saturated heterocycles. The number of rotatable bonds is 5. The quantitative estimate of drug-likeness (QED) is 0.503. The van der Waals surface area contributed by atoms with Gasteiger partial charge in [-0.3, -0.25) is 20.2 Å². The van der Waals surface area contributed by atoms with E-state index < -0.39 is 4.92 Å². The van der Waals surface area contributed by atoms with Gasteiger partial charge in [-0.15, -0.1) is 0 Å². The summed E-state index contributed by atoms with van der Waals surface area (Å²) in [5.74, 6) is -0.379. The maximum absolute atomic E-state index is 12.2. The normalized spacial score (nSPS) is 16.8. The molecule has 0 saturated carbocycles. The van der Waals surface area contributed by atoms with Gasteiger partial charge in [-0.25, -0.2) is 0 Å². The van der Waals surface area contributed by atoms with Crippen LogP contribution in [0.1, 0.15) is 30.1 Å². The molecule has 7 nitrogen and oxygen atoms in total. The predicted molar refractivity (Wildman–Crippen MR) is 89.4 cm³/mol. The number of nitro benzene ring substituents is 1. The van der Waals surface area contributed by atoms with Crippen molar-refractivity contribution in [2.24, 2.45) is 0 Å². The van der Waals surface area contributed by atoms with Crippen LogP contribution in [0.4, 0.5) is 5.69 Å². The molecule has 1 unspecified atom stereocenters. The van der Waals surface area contributed by atoms with E-state index in [1.54, 1.807) is 0 Å². The lowest BCUT2D eigenvalue weighted by molar-refractivity contribution is -0.384. The SMILES string of the molecule is CCN(CC1CCCO1)C(=S)NC(=O)c1ccc([N+](=O)[O-])cc1. The smallest absolute Gasteiger partial charge is 0.269 e. The number of hydrogen-bond donors (Lipinski definition) is 1. The number of carbonyl (C=O) groups is 1. The minimum Gasteiger partial charge on any atom is -0.376 e. The molecule has 1 aromatic carbocycles. The van der Waals surface area contributed by atoms with Crippen LogP contribution < -0.4 is 5.32 Å². The van der Waals surface area contributed by atoms with Gasteiger partial charge in [0.25, 0.3) is 11.6 Å². The molecule has 2 rings (SSSR count). The van der Waals surface area contributed by atoms with Crippen molar-refractivity contribution < 1.29 is 14.5 Å². The molecule has 0 aromatic heterocycles. The second-order valence-electron chi connectivity index (χ2n) is 5.24. The molecule has 0 aliphatic carbocycles. The molecule has 23 heavy (non-hydrogen) atoms. The van der Waals surface area contributed by atoms with Gasteiger partial charge in [0.05, 0.1) is 11.0 Å². The van der Waals surface area contributed by atoms with Crippen molar-refractivity contribution in [3.8, 4) is 0 Å². The van der Waals surface area contributed by atoms with Crippen molar-refractivity contribution >= 4 is 28.9 Å². The fourth-order valence-corrected chi connectivity index (χ4v) is 2.67. The van der Waals surface area contributed by atoms with Crippen molar-refractivity contribution in [1.82, 2.24) is 10.2 Å². The average Bonchev–Trinajstić information content (AvgIpc) is 3.05. The van der Waals surface area contributed by atoms with Crippen molar-refractivity contribution in [2.45, 2.75) is 25.9 Å². The van der Waals surface area contributed by atoms with Crippen LogP contribution in [-0.4, -0.2) is 46.6 Å². The second kappa shape index (κ2) is 7.98. The van der Waals surface area contributed by atoms with Crippen LogP contribution in [-0.2, 0) is 4.74 Å². The minimum atomic E-state index is -0.507. The summed E-state index contributed by atoms with van der Waals surface area (Å²) in [7, 11) is 0. The number of benzene rings is 1. The third-order valence-electron chi connectivity index (χ3n) is 3.68. The van der Waals surface area contributed by atoms with Gasteiger partial charge < -0.3 is 9.64 Å². The molecule has 1 aliphatic heterocycles. The highest BCUT2D eigenvalue weighted by molar-refractivity contribution is 7.80. The van der Waals surface area contributed by atoms with E-state index >= 15 is 0 Å². The van der Waals surface area contributed by atoms with Crippen LogP contribution in [0, 0.1) is 10.1 Å². The Morgan fingerprint density at radius 1 is 1.48 bits per heavy atom. The highest BCUT2D eigenvalue weighted by Gasteiger charge is 2.21. The third kappa shape index (κ3) is 4.70. The zero-order chi connectivity index (χ0) is 16.8. The zero-order valence-electron chi connectivity index (χ0n) is 12.9. The minimum absolute atomic E-state index is 0.0577. The van der Waals surface area contributed by atoms with E-state index in [0.29, 0.717) is 23.8 Å². The molecular formula is C15H19N3O4S. The Balaban J connectivity index is 1.94. The van der Waals surface area contributed by atoms with Gasteiger partial charge in [0.15, 0.2) is 5.11 Å². The largest absolute Gasteiger partial charge is 0.376 e. The van der Waals surface area contributed by atoms with Crippen molar-refractivity contribution in [1.29, 1.82) is 0 Å². The molecule has 0 radical (unpaired) electrons. The van der Waals surface area contributed by atoms with Crippen LogP contribution in [0.25, 0.3) is 0 Å². The number of nitro groups is 1. The first-order valence-electron chi connectivity index (χ1n) is 7.47. The number of nitrogens with one attached hydrogen (secondary N) is 1. The lowest BCUT2D eigenvalue weighted by Gasteiger charge is -2.26. The van der Waals surface area contributed by atoms with Gasteiger partial charge in [0, 0.05) is 37.4 Å². The first kappa shape index (κ1) is 17.3. The molecule has 0 bridgehead atoms. The summed E-state index contributed by atoms with van der Waals surface area (Å²) in [5, 5.41) is 13.6. The molecule has 1 aromatic rings. The molecule has 1 N–H and O–H groups in total. The van der Waals surface area contributed by atoms with Crippen LogP contribution in [0.2, 0.25) is 0 Å². The number of nitrogens with zero attached hydrogens (tertiary/aromatic N) is 2. The highest BCUT2D eigenvalue weighted by atomic mass is 32.1. The Morgan fingerprint density at radius 2 is 2.17 bits per heavy atom. The van der Waals surface area contributed by atoms with E-state index in [1.807, 2.05) is 11.8 Å². The van der Waals surface area contributed by atoms with E-state index in [9.17, 15) is 14.9 Å². The van der Waals surface area contributed by atoms with Crippen LogP contribution in [0.5, 0.6) is 0 Å². The summed E-state index contributed by atoms with van der Waals surface area (Å²) in [5.41, 5.74) is 0.267. The summed E-state index contributed by atoms with van der Waals surface area (Å²) in [6.07, 6.45) is 2.18. The van der Waals surface area contributed by atoms with Gasteiger partial charge in [0.1, 0.15) is 0 Å². The van der Waals surface area contributed by atoms with Crippen LogP contribution >= 0.6 is 12.2 Å². The van der Waals surface area contributed by atoms with Crippen LogP contribution in [0.15, 0.2) is 24.3 Å². The number of non-ortho nitro benzene ring substituents is 1. The van der Waals surface area contributed by atoms with E-state index in [1.165, 1.54) is 24.3 Å². The predicted octanol–water partition coefficient (Wildman–Crippen LogP) is 2.11. The van der Waals surface area contributed by atoms with Gasteiger partial charge >= 0.3 is 0 Å². The average molecular weight is 337 g/mol. The van der Waals surface area contributed by atoms with E-state index in [4.69, 9.17) is 17.0 Å². The van der Waals surface area contributed by atoms with Gasteiger partial charge in [-0.2, -0.15) is 0 Å². The number of thiocarbonyl (C=S) groups is 1. The molecule has 1 aliphatic rings. The standard InChI is InChI=1S/C15H19N3O4S/c1-2-17(10-13-4-3-9-22-13)15(23)16-14(19)11-5-7-12(8-6-11)18(20)21/h5-8,13H,2-4,9-10H2,1H3,(H,16,19,23). The second-order valence-corrected chi connectivity index (χ2v) is 5.62. The Labute approximate surface area is 139 Å². The monoisotopic (exact) mass is 337 g/mol. The van der Waals surface area contributed by atoms with Gasteiger partial charge in [-0.1, -0.05) is 0 Å². The first-order chi connectivity index (χ1) is 11.0. The fourth-order valence-electron chi connectivity index (χ4n) is 2.37. The Kier molecular flexibility index (Phi) is 6.00. The third-order valence-corrected chi connectivity index (χ3v) is 4.04. The lowest BCUT2D eigenvalue weighted by atomic mass is 10.2. The Morgan fingerprint density at radius 3 is 2.70 bits per heavy atom. The number of carbonyl (C=O) groups excluding carboxylic acids is 1. The van der Waals surface area contributed by atoms with Gasteiger partial charge in [0.2, 0.25) is 0 Å². The molecule has 1 atom stereocenters. The number of amides is 1. The number of likely N-dealkylation sites (N-methyl/N-ethyl adjacent to an activating group) is 1. The summed E-state index contributed by atoms with van der Waals surface area (Å²) in [4.78, 5) is 24.2. The molecule has 1 amide bonds. The molecular weight excluding hydrogens is 318 g/mol. The Bertz CT molecular complexity index is 585. The molecule has 1 fully saturated rings. The molecule has 8 heteroatoms. The first-order valence-corrected chi connectivity index (χ1v) is 7.88. The van der Waals surface area contributed by atoms with Gasteiger partial charge in [-0.05, 0) is 44.1 Å². The zero-order valence-corrected chi connectivity index (χ0v) is 13.7. The molecule has 124 valence electrons.